The zero-order valence-corrected chi connectivity index (χ0v) is 20.1. The lowest BCUT2D eigenvalue weighted by Crippen LogP contribution is -2.35. The van der Waals surface area contributed by atoms with Gasteiger partial charge in [-0.15, -0.1) is 0 Å². The molecule has 0 bridgehead atoms. The van der Waals surface area contributed by atoms with Crippen LogP contribution in [0.25, 0.3) is 10.9 Å². The summed E-state index contributed by atoms with van der Waals surface area (Å²) in [7, 11) is 0. The molecule has 2 fully saturated rings. The number of hydrogen-bond acceptors (Lipinski definition) is 8. The van der Waals surface area contributed by atoms with E-state index in [0.29, 0.717) is 29.9 Å². The summed E-state index contributed by atoms with van der Waals surface area (Å²) in [5.74, 6) is 1.79. The predicted octanol–water partition coefficient (Wildman–Crippen LogP) is 5.19. The summed E-state index contributed by atoms with van der Waals surface area (Å²) in [5, 5.41) is 11.5. The van der Waals surface area contributed by atoms with Crippen molar-refractivity contribution in [1.82, 2.24) is 24.8 Å². The second kappa shape index (κ2) is 11.0. The topological polar surface area (TPSA) is 90.9 Å². The van der Waals surface area contributed by atoms with Crippen LogP contribution in [-0.2, 0) is 0 Å². The van der Waals surface area contributed by atoms with Crippen molar-refractivity contribution in [1.29, 1.82) is 0 Å². The number of nitrogens with one attached hydrogen (secondary N) is 3. The SMILES string of the molecule is CCN1CCCC1CNc1nc(Nc2cnc3ccccc3c2)nc(NC2CCCCCC2)n1. The normalized spacial score (nSPS) is 19.7. The van der Waals surface area contributed by atoms with Gasteiger partial charge >= 0.3 is 0 Å². The molecule has 2 aliphatic rings. The van der Waals surface area contributed by atoms with Crippen molar-refractivity contribution in [3.05, 3.63) is 36.5 Å². The predicted molar refractivity (Wildman–Crippen MR) is 139 cm³/mol. The van der Waals surface area contributed by atoms with E-state index in [2.05, 4.69) is 44.9 Å². The fraction of sp³-hybridized carbons (Fsp3) is 0.538. The summed E-state index contributed by atoms with van der Waals surface area (Å²) in [6.45, 7) is 5.34. The van der Waals surface area contributed by atoms with E-state index in [1.165, 1.54) is 57.9 Å². The van der Waals surface area contributed by atoms with Crippen molar-refractivity contribution in [2.45, 2.75) is 70.4 Å². The molecule has 0 spiro atoms. The molecule has 8 nitrogen and oxygen atoms in total. The van der Waals surface area contributed by atoms with E-state index >= 15 is 0 Å². The number of pyridine rings is 1. The van der Waals surface area contributed by atoms with Gasteiger partial charge in [-0.1, -0.05) is 50.8 Å². The molecule has 1 unspecified atom stereocenters. The van der Waals surface area contributed by atoms with Crippen LogP contribution in [0, 0.1) is 0 Å². The second-order valence-electron chi connectivity index (χ2n) is 9.49. The van der Waals surface area contributed by atoms with Crippen molar-refractivity contribution < 1.29 is 0 Å². The number of aromatic nitrogens is 4. The van der Waals surface area contributed by atoms with Gasteiger partial charge in [0, 0.05) is 24.0 Å². The molecule has 34 heavy (non-hydrogen) atoms. The summed E-state index contributed by atoms with van der Waals surface area (Å²) in [6, 6.07) is 11.1. The van der Waals surface area contributed by atoms with E-state index in [-0.39, 0.29) is 0 Å². The number of anilines is 4. The minimum absolute atomic E-state index is 0.415. The Bertz CT molecular complexity index is 1080. The molecule has 1 aromatic carbocycles. The Hall–Kier alpha value is -3.00. The van der Waals surface area contributed by atoms with E-state index in [0.717, 1.165) is 29.7 Å². The van der Waals surface area contributed by atoms with Gasteiger partial charge in [0.2, 0.25) is 17.8 Å². The molecule has 3 N–H and O–H groups in total. The highest BCUT2D eigenvalue weighted by atomic mass is 15.3. The third-order valence-electron chi connectivity index (χ3n) is 7.07. The average molecular weight is 461 g/mol. The Balaban J connectivity index is 1.36. The number of hydrogen-bond donors (Lipinski definition) is 3. The first-order valence-electron chi connectivity index (χ1n) is 12.9. The number of para-hydroxylation sites is 1. The first-order valence-corrected chi connectivity index (χ1v) is 12.9. The van der Waals surface area contributed by atoms with Gasteiger partial charge in [-0.3, -0.25) is 9.88 Å². The molecule has 0 radical (unpaired) electrons. The molecule has 1 saturated heterocycles. The average Bonchev–Trinajstić information content (AvgIpc) is 3.17. The molecule has 3 aromatic rings. The minimum atomic E-state index is 0.415. The third kappa shape index (κ3) is 5.73. The van der Waals surface area contributed by atoms with Gasteiger partial charge in [-0.2, -0.15) is 15.0 Å². The first kappa shape index (κ1) is 22.8. The summed E-state index contributed by atoms with van der Waals surface area (Å²) in [6.07, 6.45) is 11.8. The maximum Gasteiger partial charge on any atom is 0.233 e. The highest BCUT2D eigenvalue weighted by molar-refractivity contribution is 5.82. The van der Waals surface area contributed by atoms with Crippen molar-refractivity contribution >= 4 is 34.4 Å². The fourth-order valence-corrected chi connectivity index (χ4v) is 5.20. The largest absolute Gasteiger partial charge is 0.352 e. The Morgan fingerprint density at radius 1 is 0.912 bits per heavy atom. The number of fused-ring (bicyclic) bond motifs is 1. The van der Waals surface area contributed by atoms with E-state index in [1.807, 2.05) is 24.4 Å². The van der Waals surface area contributed by atoms with Crippen LogP contribution in [0.4, 0.5) is 23.5 Å². The lowest BCUT2D eigenvalue weighted by atomic mass is 10.1. The van der Waals surface area contributed by atoms with Gasteiger partial charge in [-0.05, 0) is 50.9 Å². The third-order valence-corrected chi connectivity index (χ3v) is 7.07. The highest BCUT2D eigenvalue weighted by Gasteiger charge is 2.23. The van der Waals surface area contributed by atoms with Gasteiger partial charge in [0.1, 0.15) is 0 Å². The van der Waals surface area contributed by atoms with Crippen molar-refractivity contribution in [2.75, 3.05) is 35.6 Å². The molecular formula is C26H36N8. The Kier molecular flexibility index (Phi) is 7.34. The smallest absolute Gasteiger partial charge is 0.233 e. The summed E-state index contributed by atoms with van der Waals surface area (Å²) in [4.78, 5) is 21.3. The quantitative estimate of drug-likeness (QED) is 0.396. The van der Waals surface area contributed by atoms with Crippen LogP contribution in [-0.4, -0.2) is 56.6 Å². The zero-order valence-electron chi connectivity index (χ0n) is 20.1. The lowest BCUT2D eigenvalue weighted by molar-refractivity contribution is 0.277. The van der Waals surface area contributed by atoms with E-state index in [9.17, 15) is 0 Å². The summed E-state index contributed by atoms with van der Waals surface area (Å²) < 4.78 is 0. The Labute approximate surface area is 202 Å². The van der Waals surface area contributed by atoms with Crippen LogP contribution in [0.15, 0.2) is 36.5 Å². The van der Waals surface area contributed by atoms with E-state index < -0.39 is 0 Å². The van der Waals surface area contributed by atoms with Crippen LogP contribution in [0.3, 0.4) is 0 Å². The molecule has 0 amide bonds. The maximum atomic E-state index is 4.74. The molecule has 5 rings (SSSR count). The standard InChI is InChI=1S/C26H36N8/c1-2-34-15-9-13-22(34)18-28-24-31-25(29-20-11-5-3-4-6-12-20)33-26(32-24)30-21-16-19-10-7-8-14-23(19)27-17-21/h7-8,10,14,16-17,20,22H,2-6,9,11-13,15,18H2,1H3,(H3,28,29,30,31,32,33). The number of likely N-dealkylation sites (N-methyl/N-ethyl adjacent to an activating group) is 1. The van der Waals surface area contributed by atoms with Crippen LogP contribution < -0.4 is 16.0 Å². The number of nitrogens with zero attached hydrogens (tertiary/aromatic N) is 5. The molecule has 1 atom stereocenters. The molecule has 2 aromatic heterocycles. The fourth-order valence-electron chi connectivity index (χ4n) is 5.20. The van der Waals surface area contributed by atoms with Gasteiger partial charge in [0.15, 0.2) is 0 Å². The molecular weight excluding hydrogens is 424 g/mol. The zero-order chi connectivity index (χ0) is 23.2. The Morgan fingerprint density at radius 2 is 1.71 bits per heavy atom. The molecule has 180 valence electrons. The van der Waals surface area contributed by atoms with E-state index in [4.69, 9.17) is 15.0 Å². The van der Waals surface area contributed by atoms with Crippen molar-refractivity contribution in [2.24, 2.45) is 0 Å². The second-order valence-corrected chi connectivity index (χ2v) is 9.49. The van der Waals surface area contributed by atoms with Gasteiger partial charge in [0.05, 0.1) is 17.4 Å². The van der Waals surface area contributed by atoms with Gasteiger partial charge in [0.25, 0.3) is 0 Å². The highest BCUT2D eigenvalue weighted by Crippen LogP contribution is 2.23. The molecule has 8 heteroatoms. The molecule has 1 aliphatic heterocycles. The van der Waals surface area contributed by atoms with Crippen molar-refractivity contribution in [3.8, 4) is 0 Å². The number of benzene rings is 1. The van der Waals surface area contributed by atoms with Crippen LogP contribution in [0.5, 0.6) is 0 Å². The molecule has 1 saturated carbocycles. The minimum Gasteiger partial charge on any atom is -0.352 e. The summed E-state index contributed by atoms with van der Waals surface area (Å²) >= 11 is 0. The van der Waals surface area contributed by atoms with Gasteiger partial charge < -0.3 is 16.0 Å². The Morgan fingerprint density at radius 3 is 2.56 bits per heavy atom. The van der Waals surface area contributed by atoms with Gasteiger partial charge in [-0.25, -0.2) is 0 Å². The van der Waals surface area contributed by atoms with Crippen LogP contribution in [0.2, 0.25) is 0 Å². The molecule has 1 aliphatic carbocycles. The number of likely N-dealkylation sites (tertiary alicyclic amines) is 1. The number of rotatable bonds is 8. The first-order chi connectivity index (χ1) is 16.8. The van der Waals surface area contributed by atoms with Crippen LogP contribution in [0.1, 0.15) is 58.3 Å². The maximum absolute atomic E-state index is 4.74. The monoisotopic (exact) mass is 460 g/mol. The van der Waals surface area contributed by atoms with Crippen molar-refractivity contribution in [3.63, 3.8) is 0 Å². The van der Waals surface area contributed by atoms with Crippen LogP contribution >= 0.6 is 0 Å². The molecule has 3 heterocycles. The summed E-state index contributed by atoms with van der Waals surface area (Å²) in [5.41, 5.74) is 1.84. The lowest BCUT2D eigenvalue weighted by Gasteiger charge is -2.23. The van der Waals surface area contributed by atoms with E-state index in [1.54, 1.807) is 0 Å².